The van der Waals surface area contributed by atoms with Gasteiger partial charge in [0.15, 0.2) is 22.6 Å². The van der Waals surface area contributed by atoms with Crippen LogP contribution in [0.2, 0.25) is 0 Å². The number of carboxylic acid groups (broad SMARTS) is 1. The Labute approximate surface area is 187 Å². The fourth-order valence-electron chi connectivity index (χ4n) is 2.99. The molecule has 0 aliphatic rings. The van der Waals surface area contributed by atoms with Crippen LogP contribution in [0, 0.1) is 6.92 Å². The lowest BCUT2D eigenvalue weighted by Gasteiger charge is -2.13. The maximum atomic E-state index is 12.9. The normalized spacial score (nSPS) is 12.0. The minimum Gasteiger partial charge on any atom is -0.478 e. The number of aromatic nitrogens is 2. The number of carboxylic acids is 1. The molecular weight excluding hydrogens is 424 g/mol. The number of fused-ring (bicyclic) bond motifs is 1. The van der Waals surface area contributed by atoms with Crippen molar-refractivity contribution in [3.8, 4) is 0 Å². The van der Waals surface area contributed by atoms with Crippen LogP contribution in [0.3, 0.4) is 0 Å². The number of para-hydroxylation sites is 2. The Kier molecular flexibility index (Phi) is 6.23. The third-order valence-electron chi connectivity index (χ3n) is 4.56. The summed E-state index contributed by atoms with van der Waals surface area (Å²) in [5, 5.41) is 12.1. The first-order valence-corrected chi connectivity index (χ1v) is 10.9. The summed E-state index contributed by atoms with van der Waals surface area (Å²) >= 11 is 0. The highest BCUT2D eigenvalue weighted by atomic mass is 32.2. The zero-order valence-electron chi connectivity index (χ0n) is 17.1. The van der Waals surface area contributed by atoms with Gasteiger partial charge in [0.2, 0.25) is 0 Å². The van der Waals surface area contributed by atoms with Gasteiger partial charge in [0.05, 0.1) is 15.9 Å². The number of aliphatic carboxylic acids is 1. The number of rotatable bonds is 7. The van der Waals surface area contributed by atoms with Gasteiger partial charge in [0, 0.05) is 11.8 Å². The molecule has 1 unspecified atom stereocenters. The molecule has 0 saturated heterocycles. The number of nitrogens with zero attached hydrogens (tertiary/aromatic N) is 2. The second-order valence-corrected chi connectivity index (χ2v) is 8.23. The molecule has 0 amide bonds. The van der Waals surface area contributed by atoms with Crippen molar-refractivity contribution in [2.24, 2.45) is 0 Å². The van der Waals surface area contributed by atoms with Gasteiger partial charge in [-0.05, 0) is 55.0 Å². The van der Waals surface area contributed by atoms with E-state index < -0.39 is 17.0 Å². The maximum Gasteiger partial charge on any atom is 0.328 e. The summed E-state index contributed by atoms with van der Waals surface area (Å²) < 4.78 is 15.9. The predicted octanol–water partition coefficient (Wildman–Crippen LogP) is 4.91. The summed E-state index contributed by atoms with van der Waals surface area (Å²) in [6, 6.07) is 22.0. The molecule has 0 saturated carbocycles. The van der Waals surface area contributed by atoms with Crippen molar-refractivity contribution in [3.63, 3.8) is 0 Å². The third-order valence-corrected chi connectivity index (χ3v) is 5.64. The predicted molar refractivity (Wildman–Crippen MR) is 127 cm³/mol. The molecule has 3 N–H and O–H groups in total. The van der Waals surface area contributed by atoms with E-state index in [9.17, 15) is 9.00 Å². The van der Waals surface area contributed by atoms with Crippen molar-refractivity contribution in [3.05, 3.63) is 90.0 Å². The van der Waals surface area contributed by atoms with Gasteiger partial charge in [-0.3, -0.25) is 4.72 Å². The molecule has 3 aromatic carbocycles. The van der Waals surface area contributed by atoms with Crippen molar-refractivity contribution in [1.29, 1.82) is 0 Å². The molecule has 0 radical (unpaired) electrons. The van der Waals surface area contributed by atoms with Crippen LogP contribution in [-0.4, -0.2) is 25.3 Å². The Hall–Kier alpha value is -4.04. The zero-order chi connectivity index (χ0) is 22.5. The first-order chi connectivity index (χ1) is 15.5. The summed E-state index contributed by atoms with van der Waals surface area (Å²) in [5.41, 5.74) is 3.83. The Bertz CT molecular complexity index is 1340. The van der Waals surface area contributed by atoms with E-state index >= 15 is 0 Å². The number of carbonyl (C=O) groups is 1. The highest BCUT2D eigenvalue weighted by molar-refractivity contribution is 7.86. The van der Waals surface area contributed by atoms with Crippen molar-refractivity contribution < 1.29 is 14.1 Å². The lowest BCUT2D eigenvalue weighted by atomic mass is 10.2. The molecule has 0 bridgehead atoms. The van der Waals surface area contributed by atoms with Gasteiger partial charge in [-0.25, -0.2) is 19.0 Å². The minimum absolute atomic E-state index is 0.342. The highest BCUT2D eigenvalue weighted by Crippen LogP contribution is 2.27. The van der Waals surface area contributed by atoms with Gasteiger partial charge in [0.1, 0.15) is 0 Å². The molecule has 7 nitrogen and oxygen atoms in total. The van der Waals surface area contributed by atoms with Crippen LogP contribution in [0.15, 0.2) is 83.8 Å². The molecule has 0 spiro atoms. The lowest BCUT2D eigenvalue weighted by Crippen LogP contribution is -2.10. The van der Waals surface area contributed by atoms with E-state index in [4.69, 9.17) is 5.11 Å². The van der Waals surface area contributed by atoms with E-state index in [2.05, 4.69) is 20.0 Å². The smallest absolute Gasteiger partial charge is 0.328 e. The van der Waals surface area contributed by atoms with Crippen LogP contribution in [0.1, 0.15) is 11.1 Å². The zero-order valence-corrected chi connectivity index (χ0v) is 18.0. The third kappa shape index (κ3) is 5.16. The van der Waals surface area contributed by atoms with Crippen LogP contribution >= 0.6 is 0 Å². The highest BCUT2D eigenvalue weighted by Gasteiger charge is 2.13. The van der Waals surface area contributed by atoms with E-state index in [-0.39, 0.29) is 0 Å². The molecule has 32 heavy (non-hydrogen) atoms. The molecule has 1 aromatic heterocycles. The minimum atomic E-state index is -1.54. The van der Waals surface area contributed by atoms with E-state index in [1.807, 2.05) is 49.4 Å². The van der Waals surface area contributed by atoms with Crippen LogP contribution in [0.5, 0.6) is 0 Å². The number of nitrogens with one attached hydrogen (secondary N) is 2. The van der Waals surface area contributed by atoms with Crippen molar-refractivity contribution >= 4 is 51.4 Å². The molecule has 8 heteroatoms. The quantitative estimate of drug-likeness (QED) is 0.350. The van der Waals surface area contributed by atoms with Crippen LogP contribution in [-0.2, 0) is 15.8 Å². The van der Waals surface area contributed by atoms with Crippen molar-refractivity contribution in [1.82, 2.24) is 9.97 Å². The molecule has 4 rings (SSSR count). The first kappa shape index (κ1) is 21.2. The van der Waals surface area contributed by atoms with E-state index in [0.29, 0.717) is 38.8 Å². The lowest BCUT2D eigenvalue weighted by molar-refractivity contribution is -0.131. The van der Waals surface area contributed by atoms with E-state index in [0.717, 1.165) is 11.6 Å². The number of hydrogen-bond donors (Lipinski definition) is 3. The molecule has 4 aromatic rings. The van der Waals surface area contributed by atoms with Gasteiger partial charge in [-0.1, -0.05) is 42.0 Å². The van der Waals surface area contributed by atoms with Crippen molar-refractivity contribution in [2.45, 2.75) is 11.8 Å². The molecule has 0 aliphatic heterocycles. The fraction of sp³-hybridized carbons (Fsp3) is 0.0417. The summed E-state index contributed by atoms with van der Waals surface area (Å²) in [6.07, 6.45) is 2.58. The van der Waals surface area contributed by atoms with Crippen LogP contribution in [0.25, 0.3) is 17.1 Å². The Morgan fingerprint density at radius 1 is 0.938 bits per heavy atom. The van der Waals surface area contributed by atoms with Crippen molar-refractivity contribution in [2.75, 3.05) is 10.0 Å². The van der Waals surface area contributed by atoms with Gasteiger partial charge < -0.3 is 10.4 Å². The van der Waals surface area contributed by atoms with Gasteiger partial charge >= 0.3 is 5.97 Å². The summed E-state index contributed by atoms with van der Waals surface area (Å²) in [5.74, 6) is -0.272. The molecule has 1 heterocycles. The average Bonchev–Trinajstić information content (AvgIpc) is 2.79. The summed E-state index contributed by atoms with van der Waals surface area (Å²) in [7, 11) is -1.54. The van der Waals surface area contributed by atoms with Gasteiger partial charge in [-0.15, -0.1) is 0 Å². The SMILES string of the molecule is Cc1ccc(S(=O)Nc2nc3ccccc3nc2Nc2cccc(/C=C/C(=O)O)c2)cc1. The molecule has 160 valence electrons. The van der Waals surface area contributed by atoms with Crippen LogP contribution < -0.4 is 10.0 Å². The first-order valence-electron chi connectivity index (χ1n) is 9.78. The molecule has 0 fully saturated rings. The fourth-order valence-corrected chi connectivity index (χ4v) is 3.81. The topological polar surface area (TPSA) is 104 Å². The average molecular weight is 445 g/mol. The number of anilines is 3. The molecule has 0 aliphatic carbocycles. The molecule has 1 atom stereocenters. The summed E-state index contributed by atoms with van der Waals surface area (Å²) in [6.45, 7) is 1.97. The van der Waals surface area contributed by atoms with Crippen LogP contribution in [0.4, 0.5) is 17.3 Å². The molecular formula is C24H20N4O3S. The van der Waals surface area contributed by atoms with E-state index in [1.165, 1.54) is 6.08 Å². The van der Waals surface area contributed by atoms with E-state index in [1.54, 1.807) is 30.3 Å². The number of aryl methyl sites for hydroxylation is 1. The van der Waals surface area contributed by atoms with Gasteiger partial charge in [0.25, 0.3) is 0 Å². The Morgan fingerprint density at radius 3 is 2.31 bits per heavy atom. The Morgan fingerprint density at radius 2 is 1.62 bits per heavy atom. The largest absolute Gasteiger partial charge is 0.478 e. The Balaban J connectivity index is 1.68. The standard InChI is InChI=1S/C24H20N4O3S/c1-16-9-12-19(13-10-16)32(31)28-24-23(26-20-7-2-3-8-21(20)27-24)25-18-6-4-5-17(15-18)11-14-22(29)30/h2-15H,1H3,(H,25,26)(H,27,28)(H,29,30)/b14-11+. The maximum absolute atomic E-state index is 12.9. The number of benzene rings is 3. The van der Waals surface area contributed by atoms with Gasteiger partial charge in [-0.2, -0.15) is 0 Å². The second kappa shape index (κ2) is 9.40. The number of hydrogen-bond acceptors (Lipinski definition) is 5. The second-order valence-electron chi connectivity index (χ2n) is 7.02. The monoisotopic (exact) mass is 444 g/mol. The summed E-state index contributed by atoms with van der Waals surface area (Å²) in [4.78, 5) is 20.7.